The Balaban J connectivity index is 1.25. The van der Waals surface area contributed by atoms with E-state index in [1.807, 2.05) is 6.07 Å². The third kappa shape index (κ3) is 5.08. The summed E-state index contributed by atoms with van der Waals surface area (Å²) in [7, 11) is 2.15. The zero-order valence-corrected chi connectivity index (χ0v) is 17.6. The molecule has 1 saturated heterocycles. The zero-order valence-electron chi connectivity index (χ0n) is 17.6. The Labute approximate surface area is 170 Å². The molecule has 0 aromatic heterocycles. The number of nitrogens with zero attached hydrogens (tertiary/aromatic N) is 2. The van der Waals surface area contributed by atoms with Gasteiger partial charge in [-0.05, 0) is 69.8 Å². The molecule has 4 nitrogen and oxygen atoms in total. The molecule has 156 valence electrons. The van der Waals surface area contributed by atoms with Crippen LogP contribution in [-0.4, -0.2) is 59.3 Å². The lowest BCUT2D eigenvalue weighted by atomic mass is 9.94. The first-order chi connectivity index (χ1) is 13.6. The van der Waals surface area contributed by atoms with Gasteiger partial charge in [-0.2, -0.15) is 0 Å². The predicted molar refractivity (Wildman–Crippen MR) is 114 cm³/mol. The molecule has 4 rings (SSSR count). The van der Waals surface area contributed by atoms with Gasteiger partial charge in [0.1, 0.15) is 18.5 Å². The molecule has 1 aliphatic heterocycles. The van der Waals surface area contributed by atoms with Crippen molar-refractivity contribution in [3.63, 3.8) is 0 Å². The van der Waals surface area contributed by atoms with Crippen LogP contribution in [0.15, 0.2) is 24.3 Å². The van der Waals surface area contributed by atoms with Crippen LogP contribution in [-0.2, 0) is 6.54 Å². The molecule has 3 fully saturated rings. The molecule has 3 aliphatic rings. The summed E-state index contributed by atoms with van der Waals surface area (Å²) >= 11 is 0. The van der Waals surface area contributed by atoms with Crippen LogP contribution < -0.4 is 4.74 Å². The van der Waals surface area contributed by atoms with Crippen molar-refractivity contribution < 1.29 is 9.84 Å². The molecular weight excluding hydrogens is 348 g/mol. The van der Waals surface area contributed by atoms with Crippen molar-refractivity contribution in [2.45, 2.75) is 88.4 Å². The Hall–Kier alpha value is -1.10. The topological polar surface area (TPSA) is 35.9 Å². The van der Waals surface area contributed by atoms with Crippen LogP contribution in [0.1, 0.15) is 69.8 Å². The van der Waals surface area contributed by atoms with Gasteiger partial charge in [-0.15, -0.1) is 0 Å². The highest BCUT2D eigenvalue weighted by Crippen LogP contribution is 2.48. The van der Waals surface area contributed by atoms with Gasteiger partial charge in [0.25, 0.3) is 0 Å². The number of piperidine rings is 1. The minimum atomic E-state index is -0.438. The fourth-order valence-electron chi connectivity index (χ4n) is 5.31. The van der Waals surface area contributed by atoms with Crippen molar-refractivity contribution in [3.8, 4) is 5.75 Å². The standard InChI is InChI=1S/C24H38N2O2/c1-25(21-9-3-2-4-10-21)18-22(27)19-28-23-11-7-8-20(16-23)17-26-15-6-5-12-24(26)13-14-24/h7-8,11,16,21-22,27H,2-6,9-10,12-15,17-19H2,1H3/t22-/m0/s1. The number of ether oxygens (including phenoxy) is 1. The monoisotopic (exact) mass is 386 g/mol. The Kier molecular flexibility index (Phi) is 6.59. The maximum Gasteiger partial charge on any atom is 0.119 e. The second-order valence-electron chi connectivity index (χ2n) is 9.45. The van der Waals surface area contributed by atoms with Crippen molar-refractivity contribution in [2.24, 2.45) is 0 Å². The van der Waals surface area contributed by atoms with Crippen LogP contribution in [0, 0.1) is 0 Å². The van der Waals surface area contributed by atoms with Gasteiger partial charge in [0.05, 0.1) is 0 Å². The lowest BCUT2D eigenvalue weighted by molar-refractivity contribution is 0.0561. The summed E-state index contributed by atoms with van der Waals surface area (Å²) in [5.41, 5.74) is 1.86. The van der Waals surface area contributed by atoms with Gasteiger partial charge < -0.3 is 14.7 Å². The largest absolute Gasteiger partial charge is 0.491 e. The minimum Gasteiger partial charge on any atom is -0.491 e. The van der Waals surface area contributed by atoms with E-state index in [0.717, 1.165) is 12.3 Å². The normalized spacial score (nSPS) is 23.8. The van der Waals surface area contributed by atoms with Crippen LogP contribution >= 0.6 is 0 Å². The molecule has 2 saturated carbocycles. The number of benzene rings is 1. The average Bonchev–Trinajstić information content (AvgIpc) is 3.49. The van der Waals surface area contributed by atoms with Crippen LogP contribution in [0.5, 0.6) is 5.75 Å². The van der Waals surface area contributed by atoms with Crippen LogP contribution in [0.25, 0.3) is 0 Å². The quantitative estimate of drug-likeness (QED) is 0.726. The smallest absolute Gasteiger partial charge is 0.119 e. The van der Waals surface area contributed by atoms with Crippen LogP contribution in [0.2, 0.25) is 0 Å². The molecule has 1 atom stereocenters. The SMILES string of the molecule is CN(C[C@H](O)COc1cccc(CN2CCCCC23CC3)c1)C1CCCCC1. The van der Waals surface area contributed by atoms with Crippen LogP contribution in [0.3, 0.4) is 0 Å². The number of likely N-dealkylation sites (tertiary alicyclic amines) is 1. The maximum absolute atomic E-state index is 10.4. The van der Waals surface area contributed by atoms with Crippen LogP contribution in [0.4, 0.5) is 0 Å². The molecule has 1 aromatic carbocycles. The summed E-state index contributed by atoms with van der Waals surface area (Å²) in [6.07, 6.45) is 13.0. The number of aliphatic hydroxyl groups excluding tert-OH is 1. The minimum absolute atomic E-state index is 0.369. The molecule has 1 aromatic rings. The third-order valence-corrected chi connectivity index (χ3v) is 7.23. The second kappa shape index (κ2) is 9.15. The molecule has 0 radical (unpaired) electrons. The van der Waals surface area contributed by atoms with E-state index in [-0.39, 0.29) is 0 Å². The number of hydrogen-bond donors (Lipinski definition) is 1. The average molecular weight is 387 g/mol. The van der Waals surface area contributed by atoms with E-state index in [2.05, 4.69) is 35.0 Å². The Morgan fingerprint density at radius 1 is 1.14 bits per heavy atom. The van der Waals surface area contributed by atoms with Crippen molar-refractivity contribution in [1.29, 1.82) is 0 Å². The third-order valence-electron chi connectivity index (χ3n) is 7.23. The van der Waals surface area contributed by atoms with Gasteiger partial charge >= 0.3 is 0 Å². The van der Waals surface area contributed by atoms with Gasteiger partial charge in [0, 0.05) is 24.7 Å². The fraction of sp³-hybridized carbons (Fsp3) is 0.750. The fourth-order valence-corrected chi connectivity index (χ4v) is 5.31. The highest BCUT2D eigenvalue weighted by Gasteiger charge is 2.48. The highest BCUT2D eigenvalue weighted by molar-refractivity contribution is 5.29. The van der Waals surface area contributed by atoms with Crippen molar-refractivity contribution in [1.82, 2.24) is 9.80 Å². The van der Waals surface area contributed by atoms with Crippen molar-refractivity contribution in [3.05, 3.63) is 29.8 Å². The summed E-state index contributed by atoms with van der Waals surface area (Å²) in [5, 5.41) is 10.4. The Morgan fingerprint density at radius 2 is 1.96 bits per heavy atom. The molecule has 0 unspecified atom stereocenters. The zero-order chi connectivity index (χ0) is 19.4. The van der Waals surface area contributed by atoms with Gasteiger partial charge in [0.2, 0.25) is 0 Å². The second-order valence-corrected chi connectivity index (χ2v) is 9.45. The molecule has 1 spiro atoms. The van der Waals surface area contributed by atoms with Gasteiger partial charge in [-0.3, -0.25) is 4.90 Å². The molecule has 0 amide bonds. The van der Waals surface area contributed by atoms with E-state index < -0.39 is 6.10 Å². The first kappa shape index (κ1) is 20.2. The summed E-state index contributed by atoms with van der Waals surface area (Å²) in [6, 6.07) is 9.12. The van der Waals surface area contributed by atoms with Gasteiger partial charge in [-0.1, -0.05) is 37.8 Å². The predicted octanol–water partition coefficient (Wildman–Crippen LogP) is 4.21. The molecule has 4 heteroatoms. The number of aliphatic hydroxyl groups is 1. The van der Waals surface area contributed by atoms with Crippen molar-refractivity contribution >= 4 is 0 Å². The maximum atomic E-state index is 10.4. The molecule has 1 heterocycles. The Morgan fingerprint density at radius 3 is 2.75 bits per heavy atom. The number of rotatable bonds is 8. The summed E-state index contributed by atoms with van der Waals surface area (Å²) < 4.78 is 5.96. The first-order valence-corrected chi connectivity index (χ1v) is 11.5. The van der Waals surface area contributed by atoms with E-state index in [0.29, 0.717) is 24.7 Å². The number of likely N-dealkylation sites (N-methyl/N-ethyl adjacent to an activating group) is 1. The van der Waals surface area contributed by atoms with E-state index in [1.54, 1.807) is 0 Å². The van der Waals surface area contributed by atoms with Crippen molar-refractivity contribution in [2.75, 3.05) is 26.7 Å². The lowest BCUT2D eigenvalue weighted by Gasteiger charge is -2.36. The summed E-state index contributed by atoms with van der Waals surface area (Å²) in [4.78, 5) is 5.03. The lowest BCUT2D eigenvalue weighted by Crippen LogP contribution is -2.40. The van der Waals surface area contributed by atoms with Gasteiger partial charge in [0.15, 0.2) is 0 Å². The first-order valence-electron chi connectivity index (χ1n) is 11.5. The molecule has 0 bridgehead atoms. The molecule has 28 heavy (non-hydrogen) atoms. The summed E-state index contributed by atoms with van der Waals surface area (Å²) in [6.45, 7) is 3.33. The highest BCUT2D eigenvalue weighted by atomic mass is 16.5. The molecule has 2 aliphatic carbocycles. The van der Waals surface area contributed by atoms with Gasteiger partial charge in [-0.25, -0.2) is 0 Å². The summed E-state index contributed by atoms with van der Waals surface area (Å²) in [5.74, 6) is 0.888. The Bertz CT molecular complexity index is 625. The molecule has 1 N–H and O–H groups in total. The molecular formula is C24H38N2O2. The number of hydrogen-bond acceptors (Lipinski definition) is 4. The van der Waals surface area contributed by atoms with E-state index in [9.17, 15) is 5.11 Å². The van der Waals surface area contributed by atoms with E-state index in [4.69, 9.17) is 4.74 Å². The van der Waals surface area contributed by atoms with E-state index in [1.165, 1.54) is 76.3 Å². The van der Waals surface area contributed by atoms with E-state index >= 15 is 0 Å².